The van der Waals surface area contributed by atoms with Crippen LogP contribution in [0.4, 0.5) is 5.69 Å². The molecule has 1 N–H and O–H groups in total. The van der Waals surface area contributed by atoms with Crippen molar-refractivity contribution < 1.29 is 0 Å². The summed E-state index contributed by atoms with van der Waals surface area (Å²) < 4.78 is 4.51. The number of benzene rings is 1. The fourth-order valence-corrected chi connectivity index (χ4v) is 2.49. The molecule has 1 aromatic carbocycles. The zero-order valence-electron chi connectivity index (χ0n) is 10.3. The molecule has 0 aliphatic carbocycles. The fourth-order valence-electron chi connectivity index (χ4n) is 1.73. The molecule has 96 valence electrons. The van der Waals surface area contributed by atoms with E-state index in [0.717, 1.165) is 16.7 Å². The molecule has 1 heterocycles. The molecule has 0 aliphatic heterocycles. The number of halogens is 2. The lowest BCUT2D eigenvalue weighted by atomic mass is 10.3. The van der Waals surface area contributed by atoms with E-state index < -0.39 is 0 Å². The summed E-state index contributed by atoms with van der Waals surface area (Å²) in [5.41, 5.74) is 2.32. The first-order valence-electron chi connectivity index (χ1n) is 5.77. The lowest BCUT2D eigenvalue weighted by molar-refractivity contribution is 0.577. The van der Waals surface area contributed by atoms with Gasteiger partial charge in [-0.25, -0.2) is 4.98 Å². The Hall–Kier alpha value is -0.560. The molecule has 2 aromatic rings. The zero-order chi connectivity index (χ0) is 13.1. The second kappa shape index (κ2) is 6.06. The fraction of sp³-hybridized carbons (Fsp3) is 0.308. The van der Waals surface area contributed by atoms with Crippen molar-refractivity contribution in [3.63, 3.8) is 0 Å². The largest absolute Gasteiger partial charge is 0.379 e. The first kappa shape index (κ1) is 13.9. The molecule has 0 amide bonds. The molecule has 5 heteroatoms. The predicted molar refractivity (Wildman–Crippen MR) is 86.8 cm³/mol. The molecule has 0 unspecified atom stereocenters. The second-order valence-corrected chi connectivity index (χ2v) is 6.38. The minimum Gasteiger partial charge on any atom is -0.379 e. The third kappa shape index (κ3) is 3.26. The first-order valence-corrected chi connectivity index (χ1v) is 7.64. The number of rotatable bonds is 4. The summed E-state index contributed by atoms with van der Waals surface area (Å²) in [4.78, 5) is 4.20. The Labute approximate surface area is 129 Å². The Balaban J connectivity index is 2.07. The summed E-state index contributed by atoms with van der Waals surface area (Å²) in [6.07, 6.45) is 3.80. The van der Waals surface area contributed by atoms with Gasteiger partial charge in [0.1, 0.15) is 0 Å². The van der Waals surface area contributed by atoms with Crippen LogP contribution in [0.2, 0.25) is 0 Å². The molecule has 18 heavy (non-hydrogen) atoms. The van der Waals surface area contributed by atoms with Gasteiger partial charge < -0.3 is 9.88 Å². The van der Waals surface area contributed by atoms with Gasteiger partial charge in [-0.05, 0) is 70.6 Å². The molecule has 0 fully saturated rings. The van der Waals surface area contributed by atoms with Crippen LogP contribution >= 0.6 is 38.5 Å². The number of hydrogen-bond acceptors (Lipinski definition) is 2. The number of imidazole rings is 1. The average molecular weight is 420 g/mol. The van der Waals surface area contributed by atoms with Gasteiger partial charge in [0.15, 0.2) is 0 Å². The molecule has 0 saturated carbocycles. The number of nitrogens with one attached hydrogen (secondary N) is 1. The molecular formula is C13H15BrIN3. The van der Waals surface area contributed by atoms with E-state index in [-0.39, 0.29) is 0 Å². The van der Waals surface area contributed by atoms with Crippen LogP contribution in [0.5, 0.6) is 0 Å². The third-order valence-corrected chi connectivity index (χ3v) is 5.02. The summed E-state index contributed by atoms with van der Waals surface area (Å²) >= 11 is 5.82. The summed E-state index contributed by atoms with van der Waals surface area (Å²) in [6, 6.07) is 6.70. The van der Waals surface area contributed by atoms with Gasteiger partial charge in [0, 0.05) is 26.0 Å². The molecule has 2 rings (SSSR count). The van der Waals surface area contributed by atoms with Crippen LogP contribution < -0.4 is 5.32 Å². The molecule has 0 saturated heterocycles. The summed E-state index contributed by atoms with van der Waals surface area (Å²) in [7, 11) is 0. The highest BCUT2D eigenvalue weighted by atomic mass is 127. The quantitative estimate of drug-likeness (QED) is 0.742. The topological polar surface area (TPSA) is 29.9 Å². The lowest BCUT2D eigenvalue weighted by Gasteiger charge is -2.13. The summed E-state index contributed by atoms with van der Waals surface area (Å²) in [5.74, 6) is 0. The van der Waals surface area contributed by atoms with Crippen molar-refractivity contribution in [3.8, 4) is 0 Å². The Morgan fingerprint density at radius 3 is 2.89 bits per heavy atom. The van der Waals surface area contributed by atoms with Gasteiger partial charge in [-0.3, -0.25) is 0 Å². The second-order valence-electron chi connectivity index (χ2n) is 4.37. The van der Waals surface area contributed by atoms with Gasteiger partial charge in [0.2, 0.25) is 0 Å². The molecule has 0 radical (unpaired) electrons. The van der Waals surface area contributed by atoms with Gasteiger partial charge >= 0.3 is 0 Å². The van der Waals surface area contributed by atoms with Gasteiger partial charge in [-0.1, -0.05) is 0 Å². The van der Waals surface area contributed by atoms with Crippen LogP contribution in [-0.4, -0.2) is 9.55 Å². The van der Waals surface area contributed by atoms with Crippen LogP contribution in [0.3, 0.4) is 0 Å². The highest BCUT2D eigenvalue weighted by Crippen LogP contribution is 2.23. The Morgan fingerprint density at radius 2 is 2.22 bits per heavy atom. The van der Waals surface area contributed by atoms with Crippen LogP contribution in [0.15, 0.2) is 35.2 Å². The number of aromatic nitrogens is 2. The highest BCUT2D eigenvalue weighted by Gasteiger charge is 2.05. The summed E-state index contributed by atoms with van der Waals surface area (Å²) in [5, 5.41) is 3.42. The number of anilines is 1. The Morgan fingerprint density at radius 1 is 1.44 bits per heavy atom. The molecular weight excluding hydrogens is 405 g/mol. The van der Waals surface area contributed by atoms with Crippen molar-refractivity contribution in [2.45, 2.75) is 26.4 Å². The molecule has 0 bridgehead atoms. The van der Waals surface area contributed by atoms with Crippen molar-refractivity contribution in [2.24, 2.45) is 0 Å². The maximum atomic E-state index is 4.20. The first-order chi connectivity index (χ1) is 8.58. The highest BCUT2D eigenvalue weighted by molar-refractivity contribution is 14.1. The predicted octanol–water partition coefficient (Wildman–Crippen LogP) is 4.44. The monoisotopic (exact) mass is 419 g/mol. The van der Waals surface area contributed by atoms with E-state index in [1.54, 1.807) is 0 Å². The van der Waals surface area contributed by atoms with E-state index in [2.05, 4.69) is 85.4 Å². The van der Waals surface area contributed by atoms with Crippen LogP contribution in [0.1, 0.15) is 25.6 Å². The van der Waals surface area contributed by atoms with Crippen molar-refractivity contribution in [2.75, 3.05) is 5.32 Å². The van der Waals surface area contributed by atoms with E-state index in [1.165, 1.54) is 9.26 Å². The van der Waals surface area contributed by atoms with Crippen LogP contribution in [-0.2, 0) is 6.54 Å². The molecule has 3 nitrogen and oxygen atoms in total. The van der Waals surface area contributed by atoms with Gasteiger partial charge in [-0.2, -0.15) is 0 Å². The third-order valence-electron chi connectivity index (χ3n) is 2.70. The van der Waals surface area contributed by atoms with E-state index in [1.807, 2.05) is 12.5 Å². The van der Waals surface area contributed by atoms with Crippen molar-refractivity contribution in [1.82, 2.24) is 9.55 Å². The van der Waals surface area contributed by atoms with E-state index in [9.17, 15) is 0 Å². The minimum atomic E-state index is 0.439. The van der Waals surface area contributed by atoms with Crippen molar-refractivity contribution >= 4 is 44.2 Å². The number of hydrogen-bond donors (Lipinski definition) is 1. The minimum absolute atomic E-state index is 0.439. The van der Waals surface area contributed by atoms with Gasteiger partial charge in [0.25, 0.3) is 0 Å². The molecule has 0 aliphatic rings. The smallest absolute Gasteiger partial charge is 0.0951 e. The molecule has 1 aromatic heterocycles. The maximum Gasteiger partial charge on any atom is 0.0951 e. The standard InChI is InChI=1S/C13H15BrIN3/c1-9(2)18-8-16-6-11(18)7-17-10-3-4-12(14)13(15)5-10/h3-6,8-9,17H,7H2,1-2H3. The van der Waals surface area contributed by atoms with Gasteiger partial charge in [-0.15, -0.1) is 0 Å². The van der Waals surface area contributed by atoms with E-state index >= 15 is 0 Å². The maximum absolute atomic E-state index is 4.20. The van der Waals surface area contributed by atoms with Crippen molar-refractivity contribution in [3.05, 3.63) is 44.5 Å². The summed E-state index contributed by atoms with van der Waals surface area (Å²) in [6.45, 7) is 5.11. The van der Waals surface area contributed by atoms with E-state index in [0.29, 0.717) is 6.04 Å². The zero-order valence-corrected chi connectivity index (χ0v) is 14.1. The lowest BCUT2D eigenvalue weighted by Crippen LogP contribution is -2.08. The molecule has 0 spiro atoms. The van der Waals surface area contributed by atoms with Crippen LogP contribution in [0, 0.1) is 3.57 Å². The average Bonchev–Trinajstić information content (AvgIpc) is 2.79. The van der Waals surface area contributed by atoms with Gasteiger partial charge in [0.05, 0.1) is 18.6 Å². The van der Waals surface area contributed by atoms with Crippen molar-refractivity contribution in [1.29, 1.82) is 0 Å². The van der Waals surface area contributed by atoms with E-state index in [4.69, 9.17) is 0 Å². The number of nitrogens with zero attached hydrogens (tertiary/aromatic N) is 2. The Kier molecular flexibility index (Phi) is 4.66. The normalized spacial score (nSPS) is 10.9. The Bertz CT molecular complexity index is 537. The SMILES string of the molecule is CC(C)n1cncc1CNc1ccc(Br)c(I)c1. The molecule has 0 atom stereocenters. The van der Waals surface area contributed by atoms with Crippen LogP contribution in [0.25, 0.3) is 0 Å².